The molecule has 0 fully saturated rings. The number of rotatable bonds is 2. The summed E-state index contributed by atoms with van der Waals surface area (Å²) in [6.45, 7) is 3.96. The van der Waals surface area contributed by atoms with Crippen molar-refractivity contribution < 1.29 is 13.6 Å². The first-order valence-corrected chi connectivity index (χ1v) is 6.89. The van der Waals surface area contributed by atoms with Crippen LogP contribution in [0.1, 0.15) is 21.5 Å². The summed E-state index contributed by atoms with van der Waals surface area (Å²) in [5.74, 6) is -0.429. The molecule has 0 radical (unpaired) electrons. The number of carbonyl (C=O) groups excluding carboxylic acids is 1. The van der Waals surface area contributed by atoms with Crippen molar-refractivity contribution in [3.63, 3.8) is 0 Å². The van der Waals surface area contributed by atoms with E-state index in [4.69, 9.17) is 4.42 Å². The highest BCUT2D eigenvalue weighted by molar-refractivity contribution is 6.11. The smallest absolute Gasteiger partial charge is 0.255 e. The summed E-state index contributed by atoms with van der Waals surface area (Å²) >= 11 is 0. The van der Waals surface area contributed by atoms with Gasteiger partial charge in [-0.3, -0.25) is 4.79 Å². The summed E-state index contributed by atoms with van der Waals surface area (Å²) in [6, 6.07) is 6.62. The molecule has 22 heavy (non-hydrogen) atoms. The maximum absolute atomic E-state index is 13.0. The molecular weight excluding hydrogens is 283 g/mol. The first-order chi connectivity index (χ1) is 10.5. The SMILES string of the molecule is CNC(=O)c1c(-c2ccc(F)nc2)oc2cc(C)c(C)cc12. The molecule has 0 atom stereocenters. The third kappa shape index (κ3) is 2.24. The Kier molecular flexibility index (Phi) is 3.41. The van der Waals surface area contributed by atoms with Crippen molar-refractivity contribution in [2.24, 2.45) is 0 Å². The van der Waals surface area contributed by atoms with E-state index in [1.165, 1.54) is 12.3 Å². The van der Waals surface area contributed by atoms with E-state index in [9.17, 15) is 9.18 Å². The minimum absolute atomic E-state index is 0.249. The number of furan rings is 1. The zero-order valence-corrected chi connectivity index (χ0v) is 12.5. The molecule has 0 aliphatic rings. The summed E-state index contributed by atoms with van der Waals surface area (Å²) < 4.78 is 18.9. The van der Waals surface area contributed by atoms with Gasteiger partial charge in [0.05, 0.1) is 5.56 Å². The van der Waals surface area contributed by atoms with E-state index in [-0.39, 0.29) is 5.91 Å². The van der Waals surface area contributed by atoms with E-state index < -0.39 is 5.95 Å². The predicted octanol–water partition coefficient (Wildman–Crippen LogP) is 3.61. The average molecular weight is 298 g/mol. The van der Waals surface area contributed by atoms with Gasteiger partial charge in [0.25, 0.3) is 5.91 Å². The van der Waals surface area contributed by atoms with Gasteiger partial charge < -0.3 is 9.73 Å². The average Bonchev–Trinajstić information content (AvgIpc) is 2.86. The van der Waals surface area contributed by atoms with Crippen LogP contribution in [0.15, 0.2) is 34.9 Å². The largest absolute Gasteiger partial charge is 0.455 e. The molecular formula is C17H15FN2O2. The second kappa shape index (κ2) is 5.26. The number of benzene rings is 1. The molecule has 2 aromatic heterocycles. The van der Waals surface area contributed by atoms with Crippen LogP contribution in [0.2, 0.25) is 0 Å². The molecule has 0 aliphatic carbocycles. The second-order valence-electron chi connectivity index (χ2n) is 5.19. The van der Waals surface area contributed by atoms with E-state index >= 15 is 0 Å². The van der Waals surface area contributed by atoms with Crippen LogP contribution in [-0.4, -0.2) is 17.9 Å². The number of nitrogens with zero attached hydrogens (tertiary/aromatic N) is 1. The first-order valence-electron chi connectivity index (χ1n) is 6.89. The van der Waals surface area contributed by atoms with Gasteiger partial charge in [-0.05, 0) is 49.2 Å². The Hall–Kier alpha value is -2.69. The number of pyridine rings is 1. The monoisotopic (exact) mass is 298 g/mol. The third-order valence-corrected chi connectivity index (χ3v) is 3.75. The fourth-order valence-corrected chi connectivity index (χ4v) is 2.42. The zero-order chi connectivity index (χ0) is 15.9. The number of fused-ring (bicyclic) bond motifs is 1. The molecule has 1 aromatic carbocycles. The van der Waals surface area contributed by atoms with Crippen molar-refractivity contribution in [3.8, 4) is 11.3 Å². The molecule has 3 rings (SSSR count). The normalized spacial score (nSPS) is 10.9. The Morgan fingerprint density at radius 3 is 2.59 bits per heavy atom. The van der Waals surface area contributed by atoms with Gasteiger partial charge in [-0.1, -0.05) is 0 Å². The van der Waals surface area contributed by atoms with Crippen molar-refractivity contribution in [1.29, 1.82) is 0 Å². The van der Waals surface area contributed by atoms with Crippen LogP contribution in [0, 0.1) is 19.8 Å². The maximum Gasteiger partial charge on any atom is 0.255 e. The van der Waals surface area contributed by atoms with Crippen molar-refractivity contribution in [2.75, 3.05) is 7.05 Å². The number of amides is 1. The lowest BCUT2D eigenvalue weighted by Gasteiger charge is -2.02. The Labute approximate surface area is 127 Å². The maximum atomic E-state index is 13.0. The van der Waals surface area contributed by atoms with Gasteiger partial charge in [0.2, 0.25) is 5.95 Å². The highest BCUT2D eigenvalue weighted by Gasteiger charge is 2.22. The minimum Gasteiger partial charge on any atom is -0.455 e. The predicted molar refractivity (Wildman–Crippen MR) is 82.3 cm³/mol. The van der Waals surface area contributed by atoms with Crippen molar-refractivity contribution in [1.82, 2.24) is 10.3 Å². The summed E-state index contributed by atoms with van der Waals surface area (Å²) in [5.41, 5.74) is 3.78. The fraction of sp³-hybridized carbons (Fsp3) is 0.176. The van der Waals surface area contributed by atoms with Gasteiger partial charge in [-0.2, -0.15) is 4.39 Å². The first kappa shape index (κ1) is 14.3. The van der Waals surface area contributed by atoms with E-state index in [0.717, 1.165) is 16.5 Å². The molecule has 0 saturated carbocycles. The molecule has 3 aromatic rings. The highest BCUT2D eigenvalue weighted by Crippen LogP contribution is 2.34. The van der Waals surface area contributed by atoms with E-state index in [2.05, 4.69) is 10.3 Å². The van der Waals surface area contributed by atoms with Gasteiger partial charge in [0.15, 0.2) is 0 Å². The third-order valence-electron chi connectivity index (χ3n) is 3.75. The molecule has 0 saturated heterocycles. The number of halogens is 1. The highest BCUT2D eigenvalue weighted by atomic mass is 19.1. The van der Waals surface area contributed by atoms with Gasteiger partial charge in [-0.15, -0.1) is 0 Å². The fourth-order valence-electron chi connectivity index (χ4n) is 2.42. The number of carbonyl (C=O) groups is 1. The molecule has 4 nitrogen and oxygen atoms in total. The molecule has 0 aliphatic heterocycles. The van der Waals surface area contributed by atoms with Gasteiger partial charge in [-0.25, -0.2) is 4.98 Å². The van der Waals surface area contributed by atoms with E-state index in [0.29, 0.717) is 22.5 Å². The lowest BCUT2D eigenvalue weighted by Crippen LogP contribution is -2.18. The summed E-state index contributed by atoms with van der Waals surface area (Å²) in [6.07, 6.45) is 1.36. The zero-order valence-electron chi connectivity index (χ0n) is 12.5. The molecule has 0 bridgehead atoms. The Morgan fingerprint density at radius 2 is 1.95 bits per heavy atom. The second-order valence-corrected chi connectivity index (χ2v) is 5.19. The van der Waals surface area contributed by atoms with E-state index in [1.54, 1.807) is 13.1 Å². The van der Waals surface area contributed by atoms with Crippen LogP contribution in [0.4, 0.5) is 4.39 Å². The van der Waals surface area contributed by atoms with Crippen LogP contribution < -0.4 is 5.32 Å². The van der Waals surface area contributed by atoms with Crippen molar-refractivity contribution in [2.45, 2.75) is 13.8 Å². The number of aryl methyl sites for hydroxylation is 2. The molecule has 1 amide bonds. The van der Waals surface area contributed by atoms with E-state index in [1.807, 2.05) is 26.0 Å². The molecule has 5 heteroatoms. The van der Waals surface area contributed by atoms with Crippen molar-refractivity contribution >= 4 is 16.9 Å². The Balaban J connectivity index is 2.33. The van der Waals surface area contributed by atoms with Crippen molar-refractivity contribution in [3.05, 3.63) is 53.1 Å². The molecule has 0 spiro atoms. The quantitative estimate of drug-likeness (QED) is 0.735. The molecule has 112 valence electrons. The molecule has 1 N–H and O–H groups in total. The number of hydrogen-bond acceptors (Lipinski definition) is 3. The summed E-state index contributed by atoms with van der Waals surface area (Å²) in [5, 5.41) is 3.36. The summed E-state index contributed by atoms with van der Waals surface area (Å²) in [4.78, 5) is 15.9. The van der Waals surface area contributed by atoms with Crippen LogP contribution in [0.3, 0.4) is 0 Å². The van der Waals surface area contributed by atoms with Gasteiger partial charge in [0.1, 0.15) is 11.3 Å². The summed E-state index contributed by atoms with van der Waals surface area (Å²) in [7, 11) is 1.56. The van der Waals surface area contributed by atoms with Gasteiger partial charge >= 0.3 is 0 Å². The standard InChI is InChI=1S/C17H15FN2O2/c1-9-6-12-13(7-10(9)2)22-16(15(12)17(21)19-3)11-4-5-14(18)20-8-11/h4-8H,1-3H3,(H,19,21). The topological polar surface area (TPSA) is 55.1 Å². The van der Waals surface area contributed by atoms with Crippen LogP contribution >= 0.6 is 0 Å². The number of nitrogens with one attached hydrogen (secondary N) is 1. The molecule has 0 unspecified atom stereocenters. The number of hydrogen-bond donors (Lipinski definition) is 1. The Bertz CT molecular complexity index is 866. The number of aromatic nitrogens is 1. The lowest BCUT2D eigenvalue weighted by atomic mass is 10.0. The van der Waals surface area contributed by atoms with Crippen LogP contribution in [0.25, 0.3) is 22.3 Å². The molecule has 2 heterocycles. The van der Waals surface area contributed by atoms with Crippen LogP contribution in [0.5, 0.6) is 0 Å². The van der Waals surface area contributed by atoms with Gasteiger partial charge in [0, 0.05) is 24.2 Å². The van der Waals surface area contributed by atoms with Crippen LogP contribution in [-0.2, 0) is 0 Å². The minimum atomic E-state index is -0.576. The lowest BCUT2D eigenvalue weighted by molar-refractivity contribution is 0.0964. The Morgan fingerprint density at radius 1 is 1.23 bits per heavy atom.